The molecule has 3 aromatic heterocycles. The Labute approximate surface area is 198 Å². The van der Waals surface area contributed by atoms with Gasteiger partial charge in [0.25, 0.3) is 5.91 Å². The summed E-state index contributed by atoms with van der Waals surface area (Å²) in [5.74, 6) is 1.03. The molecule has 172 valence electrons. The number of aryl methyl sites for hydroxylation is 2. The van der Waals surface area contributed by atoms with Crippen LogP contribution < -0.4 is 10.2 Å². The van der Waals surface area contributed by atoms with E-state index in [0.717, 1.165) is 54.6 Å². The highest BCUT2D eigenvalue weighted by atomic mass is 16.1. The van der Waals surface area contributed by atoms with Crippen molar-refractivity contribution in [2.24, 2.45) is 0 Å². The molecular weight excluding hydrogens is 424 g/mol. The van der Waals surface area contributed by atoms with E-state index in [1.54, 1.807) is 10.9 Å². The van der Waals surface area contributed by atoms with E-state index < -0.39 is 0 Å². The summed E-state index contributed by atoms with van der Waals surface area (Å²) in [5, 5.41) is 8.65. The summed E-state index contributed by atoms with van der Waals surface area (Å²) in [7, 11) is 2.14. The number of hydrogen-bond donors (Lipinski definition) is 1. The summed E-state index contributed by atoms with van der Waals surface area (Å²) >= 11 is 0. The second-order valence-corrected chi connectivity index (χ2v) is 9.42. The SMILES string of the molecule is Cc1nn(-c2ccccn2)c2nc(C3CC3)cc(C(=O)NCc3ccc4c(c3)CCCN4C)c12. The Morgan fingerprint density at radius 3 is 2.85 bits per heavy atom. The van der Waals surface area contributed by atoms with E-state index in [1.165, 1.54) is 11.3 Å². The molecule has 4 heterocycles. The Hall–Kier alpha value is -3.74. The van der Waals surface area contributed by atoms with Gasteiger partial charge in [0, 0.05) is 43.6 Å². The third kappa shape index (κ3) is 3.71. The van der Waals surface area contributed by atoms with E-state index >= 15 is 0 Å². The molecule has 1 amide bonds. The van der Waals surface area contributed by atoms with Crippen molar-refractivity contribution in [3.8, 4) is 5.82 Å². The number of benzene rings is 1. The monoisotopic (exact) mass is 452 g/mol. The van der Waals surface area contributed by atoms with Crippen LogP contribution >= 0.6 is 0 Å². The third-order valence-electron chi connectivity index (χ3n) is 6.89. The van der Waals surface area contributed by atoms with Crippen LogP contribution in [-0.4, -0.2) is 39.2 Å². The fourth-order valence-corrected chi connectivity index (χ4v) is 4.94. The first-order valence-corrected chi connectivity index (χ1v) is 12.0. The first-order chi connectivity index (χ1) is 16.6. The molecule has 1 fully saturated rings. The van der Waals surface area contributed by atoms with Crippen LogP contribution in [0.5, 0.6) is 0 Å². The zero-order valence-corrected chi connectivity index (χ0v) is 19.6. The summed E-state index contributed by atoms with van der Waals surface area (Å²) in [5.41, 5.74) is 6.85. The predicted octanol–water partition coefficient (Wildman–Crippen LogP) is 4.31. The maximum atomic E-state index is 13.5. The molecule has 2 aliphatic rings. The molecule has 1 aliphatic carbocycles. The number of pyridine rings is 2. The van der Waals surface area contributed by atoms with Crippen molar-refractivity contribution >= 4 is 22.6 Å². The standard InChI is InChI=1S/C27H28N6O/c1-17-25-21(27(34)29-16-18-8-11-23-20(14-18)6-5-13-32(23)2)15-22(19-9-10-19)30-26(25)33(31-17)24-7-3-4-12-28-24/h3-4,7-8,11-12,14-15,19H,5-6,9-10,13,16H2,1-2H3,(H,29,34). The number of aromatic nitrogens is 4. The predicted molar refractivity (Wildman–Crippen MR) is 133 cm³/mol. The van der Waals surface area contributed by atoms with E-state index in [2.05, 4.69) is 40.4 Å². The summed E-state index contributed by atoms with van der Waals surface area (Å²) in [6.45, 7) is 3.51. The van der Waals surface area contributed by atoms with Gasteiger partial charge in [-0.05, 0) is 68.0 Å². The number of rotatable bonds is 5. The van der Waals surface area contributed by atoms with E-state index in [4.69, 9.17) is 10.1 Å². The lowest BCUT2D eigenvalue weighted by Crippen LogP contribution is -2.26. The summed E-state index contributed by atoms with van der Waals surface area (Å²) in [6.07, 6.45) is 6.22. The van der Waals surface area contributed by atoms with Crippen LogP contribution in [0.2, 0.25) is 0 Å². The molecule has 6 rings (SSSR count). The minimum atomic E-state index is -0.0900. The van der Waals surface area contributed by atoms with Crippen LogP contribution in [0.4, 0.5) is 5.69 Å². The van der Waals surface area contributed by atoms with Gasteiger partial charge in [0.05, 0.1) is 16.6 Å². The lowest BCUT2D eigenvalue weighted by Gasteiger charge is -2.27. The molecule has 7 heteroatoms. The van der Waals surface area contributed by atoms with Crippen molar-refractivity contribution in [2.45, 2.75) is 45.1 Å². The molecule has 1 aliphatic heterocycles. The Morgan fingerprint density at radius 1 is 1.18 bits per heavy atom. The van der Waals surface area contributed by atoms with Crippen molar-refractivity contribution < 1.29 is 4.79 Å². The Balaban J connectivity index is 1.34. The molecule has 0 saturated heterocycles. The van der Waals surface area contributed by atoms with Crippen molar-refractivity contribution in [1.82, 2.24) is 25.1 Å². The van der Waals surface area contributed by atoms with Gasteiger partial charge >= 0.3 is 0 Å². The normalized spacial score (nSPS) is 15.4. The highest BCUT2D eigenvalue weighted by molar-refractivity contribution is 6.06. The number of carbonyl (C=O) groups excluding carboxylic acids is 1. The summed E-state index contributed by atoms with van der Waals surface area (Å²) in [6, 6.07) is 14.2. The maximum Gasteiger partial charge on any atom is 0.252 e. The highest BCUT2D eigenvalue weighted by Crippen LogP contribution is 2.40. The molecule has 1 aromatic carbocycles. The van der Waals surface area contributed by atoms with Crippen molar-refractivity contribution in [2.75, 3.05) is 18.5 Å². The Kier molecular flexibility index (Phi) is 5.05. The average Bonchev–Trinajstić information content (AvgIpc) is 3.66. The molecular formula is C27H28N6O. The van der Waals surface area contributed by atoms with Crippen LogP contribution in [0.25, 0.3) is 16.9 Å². The fourth-order valence-electron chi connectivity index (χ4n) is 4.94. The second kappa shape index (κ2) is 8.24. The van der Waals surface area contributed by atoms with Crippen LogP contribution in [-0.2, 0) is 13.0 Å². The lowest BCUT2D eigenvalue weighted by molar-refractivity contribution is 0.0952. The van der Waals surface area contributed by atoms with Gasteiger partial charge in [-0.1, -0.05) is 18.2 Å². The molecule has 34 heavy (non-hydrogen) atoms. The number of nitrogens with one attached hydrogen (secondary N) is 1. The van der Waals surface area contributed by atoms with E-state index in [9.17, 15) is 4.79 Å². The molecule has 0 radical (unpaired) electrons. The quantitative estimate of drug-likeness (QED) is 0.488. The van der Waals surface area contributed by atoms with Gasteiger partial charge in [-0.15, -0.1) is 0 Å². The molecule has 0 bridgehead atoms. The zero-order valence-electron chi connectivity index (χ0n) is 19.6. The lowest BCUT2D eigenvalue weighted by atomic mass is 9.99. The van der Waals surface area contributed by atoms with Gasteiger partial charge in [-0.2, -0.15) is 9.78 Å². The number of anilines is 1. The van der Waals surface area contributed by atoms with Gasteiger partial charge in [-0.25, -0.2) is 9.97 Å². The average molecular weight is 453 g/mol. The van der Waals surface area contributed by atoms with E-state index in [1.807, 2.05) is 31.2 Å². The molecule has 0 atom stereocenters. The molecule has 4 aromatic rings. The van der Waals surface area contributed by atoms with Crippen LogP contribution in [0.3, 0.4) is 0 Å². The largest absolute Gasteiger partial charge is 0.374 e. The third-order valence-corrected chi connectivity index (χ3v) is 6.89. The number of amides is 1. The van der Waals surface area contributed by atoms with Crippen molar-refractivity contribution in [3.63, 3.8) is 0 Å². The van der Waals surface area contributed by atoms with Crippen molar-refractivity contribution in [1.29, 1.82) is 0 Å². The summed E-state index contributed by atoms with van der Waals surface area (Å²) in [4.78, 5) is 25.1. The zero-order chi connectivity index (χ0) is 23.2. The summed E-state index contributed by atoms with van der Waals surface area (Å²) < 4.78 is 1.76. The number of hydrogen-bond acceptors (Lipinski definition) is 5. The molecule has 7 nitrogen and oxygen atoms in total. The van der Waals surface area contributed by atoms with Gasteiger partial charge in [0.15, 0.2) is 11.5 Å². The van der Waals surface area contributed by atoms with Crippen LogP contribution in [0.1, 0.15) is 58.1 Å². The Morgan fingerprint density at radius 2 is 2.06 bits per heavy atom. The molecule has 1 N–H and O–H groups in total. The number of nitrogens with zero attached hydrogens (tertiary/aromatic N) is 5. The van der Waals surface area contributed by atoms with Gasteiger partial charge in [0.1, 0.15) is 0 Å². The van der Waals surface area contributed by atoms with Crippen LogP contribution in [0, 0.1) is 6.92 Å². The Bertz CT molecular complexity index is 1390. The van der Waals surface area contributed by atoms with Gasteiger partial charge in [0.2, 0.25) is 0 Å². The number of carbonyl (C=O) groups is 1. The minimum Gasteiger partial charge on any atom is -0.374 e. The molecule has 1 saturated carbocycles. The highest BCUT2D eigenvalue weighted by Gasteiger charge is 2.29. The first-order valence-electron chi connectivity index (χ1n) is 12.0. The first kappa shape index (κ1) is 20.8. The van der Waals surface area contributed by atoms with Gasteiger partial charge in [-0.3, -0.25) is 4.79 Å². The van der Waals surface area contributed by atoms with Crippen molar-refractivity contribution in [3.05, 3.63) is 76.7 Å². The molecule has 0 spiro atoms. The fraction of sp³-hybridized carbons (Fsp3) is 0.333. The number of fused-ring (bicyclic) bond motifs is 2. The minimum absolute atomic E-state index is 0.0900. The molecule has 0 unspecified atom stereocenters. The van der Waals surface area contributed by atoms with Gasteiger partial charge < -0.3 is 10.2 Å². The van der Waals surface area contributed by atoms with E-state index in [-0.39, 0.29) is 5.91 Å². The van der Waals surface area contributed by atoms with Crippen LogP contribution in [0.15, 0.2) is 48.7 Å². The maximum absolute atomic E-state index is 13.5. The topological polar surface area (TPSA) is 75.9 Å². The second-order valence-electron chi connectivity index (χ2n) is 9.42. The van der Waals surface area contributed by atoms with E-state index in [0.29, 0.717) is 29.5 Å². The smallest absolute Gasteiger partial charge is 0.252 e.